The van der Waals surface area contributed by atoms with Gasteiger partial charge in [0.25, 0.3) is 5.69 Å². The van der Waals surface area contributed by atoms with E-state index in [4.69, 9.17) is 0 Å². The van der Waals surface area contributed by atoms with Crippen LogP contribution in [-0.4, -0.2) is 31.8 Å². The van der Waals surface area contributed by atoms with E-state index in [1.807, 2.05) is 24.3 Å². The Hall–Kier alpha value is -2.06. The average molecular weight is 554 g/mol. The third-order valence-electron chi connectivity index (χ3n) is 3.79. The largest absolute Gasteiger partial charge is 0.300 e. The van der Waals surface area contributed by atoms with Crippen molar-refractivity contribution in [3.63, 3.8) is 0 Å². The summed E-state index contributed by atoms with van der Waals surface area (Å²) in [5.74, 6) is 0.699. The van der Waals surface area contributed by atoms with Gasteiger partial charge in [0.1, 0.15) is 0 Å². The summed E-state index contributed by atoms with van der Waals surface area (Å²) in [7, 11) is 0. The highest BCUT2D eigenvalue weighted by Crippen LogP contribution is 2.32. The van der Waals surface area contributed by atoms with E-state index in [9.17, 15) is 14.9 Å². The maximum atomic E-state index is 12.3. The van der Waals surface area contributed by atoms with Crippen molar-refractivity contribution in [2.24, 2.45) is 0 Å². The number of amides is 1. The first kappa shape index (κ1) is 22.1. The lowest BCUT2D eigenvalue weighted by Gasteiger charge is -1.99. The van der Waals surface area contributed by atoms with Gasteiger partial charge in [0.2, 0.25) is 11.0 Å². The van der Waals surface area contributed by atoms with Crippen LogP contribution in [0.5, 0.6) is 0 Å². The van der Waals surface area contributed by atoms with Crippen molar-refractivity contribution in [2.75, 3.05) is 11.1 Å². The van der Waals surface area contributed by atoms with Crippen LogP contribution in [-0.2, 0) is 10.5 Å². The number of halogens is 1. The number of nitrogens with zero attached hydrogens (tertiary/aromatic N) is 4. The van der Waals surface area contributed by atoms with Crippen molar-refractivity contribution in [1.29, 1.82) is 0 Å². The molecular weight excluding hydrogens is 542 g/mol. The van der Waals surface area contributed by atoms with E-state index < -0.39 is 4.92 Å². The lowest BCUT2D eigenvalue weighted by Crippen LogP contribution is -2.13. The molecule has 4 rings (SSSR count). The molecule has 13 heteroatoms. The number of aromatic nitrogens is 3. The van der Waals surface area contributed by atoms with Gasteiger partial charge in [-0.2, -0.15) is 0 Å². The van der Waals surface area contributed by atoms with Crippen LogP contribution in [0.15, 0.2) is 55.6 Å². The standard InChI is InChI=1S/C18H12BrN5O3S4/c19-11-3-1-2-10(6-11)8-28-18-23-22-16(31-18)21-15(25)9-29-17-20-13-5-4-12(24(26)27)7-14(13)30-17/h1-7H,8-9H2,(H,21,22,25). The summed E-state index contributed by atoms with van der Waals surface area (Å²) >= 11 is 8.94. The predicted molar refractivity (Wildman–Crippen MR) is 129 cm³/mol. The highest BCUT2D eigenvalue weighted by Gasteiger charge is 2.13. The minimum Gasteiger partial charge on any atom is -0.300 e. The topological polar surface area (TPSA) is 111 Å². The van der Waals surface area contributed by atoms with Gasteiger partial charge in [-0.05, 0) is 23.8 Å². The molecule has 0 fully saturated rings. The van der Waals surface area contributed by atoms with E-state index in [0.29, 0.717) is 19.7 Å². The fraction of sp³-hybridized carbons (Fsp3) is 0.111. The minimum atomic E-state index is -0.438. The van der Waals surface area contributed by atoms with E-state index in [-0.39, 0.29) is 17.3 Å². The maximum Gasteiger partial charge on any atom is 0.270 e. The number of anilines is 1. The minimum absolute atomic E-state index is 0.0234. The highest BCUT2D eigenvalue weighted by atomic mass is 79.9. The SMILES string of the molecule is O=C(CSc1nc2ccc([N+](=O)[O-])cc2s1)Nc1nnc(SCc2cccc(Br)c2)s1. The molecule has 8 nitrogen and oxygen atoms in total. The van der Waals surface area contributed by atoms with Crippen LogP contribution in [0.4, 0.5) is 10.8 Å². The van der Waals surface area contributed by atoms with Crippen LogP contribution >= 0.6 is 62.1 Å². The number of thiazole rings is 1. The second-order valence-electron chi connectivity index (χ2n) is 6.02. The summed E-state index contributed by atoms with van der Waals surface area (Å²) < 4.78 is 3.19. The first-order valence-corrected chi connectivity index (χ1v) is 13.0. The Labute approximate surface area is 201 Å². The number of fused-ring (bicyclic) bond motifs is 1. The molecule has 0 spiro atoms. The van der Waals surface area contributed by atoms with Crippen molar-refractivity contribution in [1.82, 2.24) is 15.2 Å². The molecule has 1 amide bonds. The fourth-order valence-electron chi connectivity index (χ4n) is 2.44. The lowest BCUT2D eigenvalue weighted by molar-refractivity contribution is -0.384. The number of nitro benzene ring substituents is 1. The Morgan fingerprint density at radius 3 is 2.81 bits per heavy atom. The average Bonchev–Trinajstić information content (AvgIpc) is 3.36. The smallest absolute Gasteiger partial charge is 0.270 e. The van der Waals surface area contributed by atoms with Gasteiger partial charge in [0.15, 0.2) is 8.68 Å². The Kier molecular flexibility index (Phi) is 7.17. The monoisotopic (exact) mass is 553 g/mol. The molecule has 31 heavy (non-hydrogen) atoms. The van der Waals surface area contributed by atoms with Gasteiger partial charge >= 0.3 is 0 Å². The number of nitro groups is 1. The second kappa shape index (κ2) is 10.0. The van der Waals surface area contributed by atoms with Crippen molar-refractivity contribution in [2.45, 2.75) is 14.4 Å². The summed E-state index contributed by atoms with van der Waals surface area (Å²) in [6, 6.07) is 12.6. The number of rotatable bonds is 8. The lowest BCUT2D eigenvalue weighted by atomic mass is 10.2. The quantitative estimate of drug-likeness (QED) is 0.125. The molecule has 158 valence electrons. The summed E-state index contributed by atoms with van der Waals surface area (Å²) in [5.41, 5.74) is 1.86. The third-order valence-corrected chi connectivity index (χ3v) is 8.49. The van der Waals surface area contributed by atoms with Crippen LogP contribution < -0.4 is 5.32 Å². The van der Waals surface area contributed by atoms with Gasteiger partial charge < -0.3 is 0 Å². The van der Waals surface area contributed by atoms with E-state index in [0.717, 1.165) is 20.1 Å². The van der Waals surface area contributed by atoms with Crippen molar-refractivity contribution < 1.29 is 9.72 Å². The zero-order valence-corrected chi connectivity index (χ0v) is 20.3. The first-order chi connectivity index (χ1) is 15.0. The number of hydrogen-bond acceptors (Lipinski definition) is 10. The Morgan fingerprint density at radius 2 is 2.00 bits per heavy atom. The molecule has 0 saturated heterocycles. The number of non-ortho nitro benzene ring substituents is 1. The fourth-order valence-corrected chi connectivity index (χ4v) is 6.50. The number of hydrogen-bond donors (Lipinski definition) is 1. The Morgan fingerprint density at radius 1 is 1.13 bits per heavy atom. The van der Waals surface area contributed by atoms with Gasteiger partial charge in [-0.1, -0.05) is 62.9 Å². The highest BCUT2D eigenvalue weighted by molar-refractivity contribution is 9.10. The first-order valence-electron chi connectivity index (χ1n) is 8.64. The van der Waals surface area contributed by atoms with E-state index >= 15 is 0 Å². The molecule has 0 atom stereocenters. The molecular formula is C18H12BrN5O3S4. The molecule has 0 aliphatic carbocycles. The Bertz CT molecular complexity index is 1260. The van der Waals surface area contributed by atoms with E-state index in [1.165, 1.54) is 46.6 Å². The van der Waals surface area contributed by atoms with Gasteiger partial charge in [0.05, 0.1) is 20.9 Å². The number of thioether (sulfide) groups is 2. The van der Waals surface area contributed by atoms with Crippen molar-refractivity contribution in [3.05, 3.63) is 62.6 Å². The number of benzene rings is 2. The molecule has 2 heterocycles. The normalized spacial score (nSPS) is 11.0. The van der Waals surface area contributed by atoms with Crippen LogP contribution in [0, 0.1) is 10.1 Å². The van der Waals surface area contributed by atoms with Gasteiger partial charge in [0, 0.05) is 22.4 Å². The molecule has 2 aromatic carbocycles. The molecule has 0 unspecified atom stereocenters. The molecule has 0 radical (unpaired) electrons. The van der Waals surface area contributed by atoms with Gasteiger partial charge in [-0.25, -0.2) is 4.98 Å². The summed E-state index contributed by atoms with van der Waals surface area (Å²) in [4.78, 5) is 27.1. The molecule has 0 saturated carbocycles. The number of carbonyl (C=O) groups is 1. The molecule has 4 aromatic rings. The predicted octanol–water partition coefficient (Wildman–Crippen LogP) is 5.84. The van der Waals surface area contributed by atoms with E-state index in [1.54, 1.807) is 17.8 Å². The Balaban J connectivity index is 1.29. The third kappa shape index (κ3) is 6.01. The molecule has 1 N–H and O–H groups in total. The summed E-state index contributed by atoms with van der Waals surface area (Å²) in [5, 5.41) is 22.2. The van der Waals surface area contributed by atoms with Crippen molar-refractivity contribution >= 4 is 89.1 Å². The maximum absolute atomic E-state index is 12.3. The van der Waals surface area contributed by atoms with Crippen LogP contribution in [0.1, 0.15) is 5.56 Å². The van der Waals surface area contributed by atoms with Gasteiger partial charge in [-0.15, -0.1) is 21.5 Å². The second-order valence-corrected chi connectivity index (χ2v) is 11.4. The van der Waals surface area contributed by atoms with Crippen LogP contribution in [0.3, 0.4) is 0 Å². The van der Waals surface area contributed by atoms with E-state index in [2.05, 4.69) is 36.4 Å². The molecule has 2 aromatic heterocycles. The number of nitrogens with one attached hydrogen (secondary N) is 1. The molecule has 0 aliphatic rings. The van der Waals surface area contributed by atoms with Gasteiger partial charge in [-0.3, -0.25) is 20.2 Å². The van der Waals surface area contributed by atoms with Crippen LogP contribution in [0.25, 0.3) is 10.2 Å². The van der Waals surface area contributed by atoms with Crippen molar-refractivity contribution in [3.8, 4) is 0 Å². The number of carbonyl (C=O) groups excluding carboxylic acids is 1. The summed E-state index contributed by atoms with van der Waals surface area (Å²) in [6.07, 6.45) is 0. The molecule has 0 aliphatic heterocycles. The molecule has 0 bridgehead atoms. The zero-order valence-electron chi connectivity index (χ0n) is 15.5. The van der Waals surface area contributed by atoms with Crippen LogP contribution in [0.2, 0.25) is 0 Å². The summed E-state index contributed by atoms with van der Waals surface area (Å²) in [6.45, 7) is 0. The zero-order chi connectivity index (χ0) is 21.8.